The number of rotatable bonds is 6. The van der Waals surface area contributed by atoms with Gasteiger partial charge in [0.15, 0.2) is 0 Å². The minimum Gasteiger partial charge on any atom is -0.463 e. The number of hydrazone groups is 1. The molecule has 3 aromatic rings. The highest BCUT2D eigenvalue weighted by Gasteiger charge is 2.27. The zero-order chi connectivity index (χ0) is 18.7. The summed E-state index contributed by atoms with van der Waals surface area (Å²) >= 11 is 1.39. The molecular formula is C18H18N4O3S2. The Balaban J connectivity index is 1.51. The van der Waals surface area contributed by atoms with Gasteiger partial charge >= 0.3 is 0 Å². The van der Waals surface area contributed by atoms with E-state index in [-0.39, 0.29) is 0 Å². The van der Waals surface area contributed by atoms with Crippen LogP contribution in [0.25, 0.3) is 11.3 Å². The zero-order valence-corrected chi connectivity index (χ0v) is 16.0. The van der Waals surface area contributed by atoms with Crippen molar-refractivity contribution in [2.75, 3.05) is 18.5 Å². The summed E-state index contributed by atoms with van der Waals surface area (Å²) in [6.45, 7) is 1.18. The largest absolute Gasteiger partial charge is 0.463 e. The van der Waals surface area contributed by atoms with Crippen molar-refractivity contribution in [2.24, 2.45) is 5.10 Å². The molecule has 0 radical (unpaired) electrons. The normalized spacial score (nSPS) is 15.6. The van der Waals surface area contributed by atoms with Crippen LogP contribution in [0.5, 0.6) is 0 Å². The lowest BCUT2D eigenvalue weighted by Gasteiger charge is -2.15. The number of hydrogen-bond donors (Lipinski definition) is 1. The van der Waals surface area contributed by atoms with Crippen LogP contribution in [0.4, 0.5) is 5.13 Å². The number of nitrogens with one attached hydrogen (secondary N) is 1. The molecule has 1 aliphatic heterocycles. The van der Waals surface area contributed by atoms with Crippen LogP contribution in [0.3, 0.4) is 0 Å². The highest BCUT2D eigenvalue weighted by Crippen LogP contribution is 2.28. The van der Waals surface area contributed by atoms with E-state index in [9.17, 15) is 8.42 Å². The lowest BCUT2D eigenvalue weighted by molar-refractivity contribution is 0.477. The number of hydrogen-bond acceptors (Lipinski definition) is 7. The average molecular weight is 403 g/mol. The van der Waals surface area contributed by atoms with E-state index in [1.807, 2.05) is 11.4 Å². The van der Waals surface area contributed by atoms with E-state index < -0.39 is 10.0 Å². The Labute approximate surface area is 161 Å². The van der Waals surface area contributed by atoms with Gasteiger partial charge < -0.3 is 4.42 Å². The summed E-state index contributed by atoms with van der Waals surface area (Å²) in [6.07, 6.45) is 4.97. The number of anilines is 1. The van der Waals surface area contributed by atoms with Gasteiger partial charge in [-0.1, -0.05) is 12.1 Å². The molecule has 1 N–H and O–H groups in total. The molecular weight excluding hydrogens is 384 g/mol. The third kappa shape index (κ3) is 3.95. The lowest BCUT2D eigenvalue weighted by Crippen LogP contribution is -2.27. The number of benzene rings is 1. The summed E-state index contributed by atoms with van der Waals surface area (Å²) in [6, 6.07) is 10.5. The SMILES string of the molecule is O=S(=O)(c1cccc(-c2csc(NN=Cc3ccco3)n2)c1)N1CCCC1. The van der Waals surface area contributed by atoms with Crippen molar-refractivity contribution >= 4 is 32.7 Å². The molecule has 1 fully saturated rings. The molecule has 1 aliphatic rings. The molecule has 4 rings (SSSR count). The van der Waals surface area contributed by atoms with Gasteiger partial charge in [0.25, 0.3) is 0 Å². The monoisotopic (exact) mass is 402 g/mol. The van der Waals surface area contributed by atoms with Crippen molar-refractivity contribution in [3.8, 4) is 11.3 Å². The number of nitrogens with zero attached hydrogens (tertiary/aromatic N) is 3. The van der Waals surface area contributed by atoms with Crippen LogP contribution in [-0.2, 0) is 10.0 Å². The fraction of sp³-hybridized carbons (Fsp3) is 0.222. The molecule has 9 heteroatoms. The third-order valence-corrected chi connectivity index (χ3v) is 6.87. The fourth-order valence-electron chi connectivity index (χ4n) is 2.87. The highest BCUT2D eigenvalue weighted by molar-refractivity contribution is 7.89. The predicted octanol–water partition coefficient (Wildman–Crippen LogP) is 3.63. The summed E-state index contributed by atoms with van der Waals surface area (Å²) in [5, 5.41) is 6.56. The lowest BCUT2D eigenvalue weighted by atomic mass is 10.2. The number of sulfonamides is 1. The first kappa shape index (κ1) is 17.9. The Morgan fingerprint density at radius 2 is 2.07 bits per heavy atom. The molecule has 2 aromatic heterocycles. The maximum Gasteiger partial charge on any atom is 0.243 e. The Morgan fingerprint density at radius 1 is 1.22 bits per heavy atom. The van der Waals surface area contributed by atoms with Gasteiger partial charge in [-0.2, -0.15) is 9.41 Å². The molecule has 3 heterocycles. The van der Waals surface area contributed by atoms with E-state index >= 15 is 0 Å². The minimum absolute atomic E-state index is 0.306. The quantitative estimate of drug-likeness (QED) is 0.502. The van der Waals surface area contributed by atoms with Gasteiger partial charge in [-0.25, -0.2) is 13.4 Å². The Bertz CT molecular complexity index is 1040. The zero-order valence-electron chi connectivity index (χ0n) is 14.4. The van der Waals surface area contributed by atoms with Crippen molar-refractivity contribution in [2.45, 2.75) is 17.7 Å². The summed E-state index contributed by atoms with van der Waals surface area (Å²) in [5.41, 5.74) is 4.31. The van der Waals surface area contributed by atoms with Crippen LogP contribution in [0.2, 0.25) is 0 Å². The van der Waals surface area contributed by atoms with E-state index in [0.717, 1.165) is 18.4 Å². The van der Waals surface area contributed by atoms with Gasteiger partial charge in [-0.15, -0.1) is 11.3 Å². The topological polar surface area (TPSA) is 87.8 Å². The van der Waals surface area contributed by atoms with Crippen molar-refractivity contribution in [1.29, 1.82) is 0 Å². The Kier molecular flexibility index (Phi) is 5.06. The summed E-state index contributed by atoms with van der Waals surface area (Å²) in [5.74, 6) is 0.638. The molecule has 7 nitrogen and oxygen atoms in total. The maximum absolute atomic E-state index is 12.7. The van der Waals surface area contributed by atoms with E-state index in [1.54, 1.807) is 47.1 Å². The van der Waals surface area contributed by atoms with E-state index in [0.29, 0.717) is 34.6 Å². The van der Waals surface area contributed by atoms with E-state index in [1.165, 1.54) is 11.3 Å². The second-order valence-corrected chi connectivity index (χ2v) is 8.86. The average Bonchev–Trinajstić information content (AvgIpc) is 3.44. The molecule has 0 aliphatic carbocycles. The number of thiazole rings is 1. The fourth-order valence-corrected chi connectivity index (χ4v) is 5.10. The molecule has 27 heavy (non-hydrogen) atoms. The van der Waals surface area contributed by atoms with Crippen LogP contribution in [0.15, 0.2) is 62.5 Å². The first-order chi connectivity index (χ1) is 13.1. The van der Waals surface area contributed by atoms with Crippen LogP contribution < -0.4 is 5.43 Å². The standard InChI is InChI=1S/C18H18N4O3S2/c23-27(24,22-8-1-2-9-22)16-7-3-5-14(11-16)17-13-26-18(20-17)21-19-12-15-6-4-10-25-15/h3-7,10-13H,1-2,8-9H2,(H,20,21). The van der Waals surface area contributed by atoms with Crippen LogP contribution in [0, 0.1) is 0 Å². The molecule has 1 aromatic carbocycles. The molecule has 0 spiro atoms. The van der Waals surface area contributed by atoms with Crippen molar-refractivity contribution in [3.05, 3.63) is 53.8 Å². The van der Waals surface area contributed by atoms with Gasteiger partial charge in [0.05, 0.1) is 23.1 Å². The van der Waals surface area contributed by atoms with E-state index in [4.69, 9.17) is 4.42 Å². The first-order valence-corrected chi connectivity index (χ1v) is 10.8. The maximum atomic E-state index is 12.7. The Hall–Kier alpha value is -2.49. The number of aromatic nitrogens is 1. The molecule has 0 saturated carbocycles. The summed E-state index contributed by atoms with van der Waals surface area (Å²) < 4.78 is 32.2. The second kappa shape index (κ2) is 7.63. The van der Waals surface area contributed by atoms with Gasteiger partial charge in [0.2, 0.25) is 15.2 Å². The predicted molar refractivity (Wildman–Crippen MR) is 105 cm³/mol. The van der Waals surface area contributed by atoms with Gasteiger partial charge in [0.1, 0.15) is 5.76 Å². The minimum atomic E-state index is -3.44. The van der Waals surface area contributed by atoms with Crippen molar-refractivity contribution in [3.63, 3.8) is 0 Å². The molecule has 0 bridgehead atoms. The molecule has 1 saturated heterocycles. The van der Waals surface area contributed by atoms with Gasteiger partial charge in [0, 0.05) is 24.0 Å². The molecule has 0 atom stereocenters. The van der Waals surface area contributed by atoms with Crippen molar-refractivity contribution in [1.82, 2.24) is 9.29 Å². The second-order valence-electron chi connectivity index (χ2n) is 6.06. The molecule has 0 unspecified atom stereocenters. The van der Waals surface area contributed by atoms with Crippen LogP contribution in [0.1, 0.15) is 18.6 Å². The van der Waals surface area contributed by atoms with Gasteiger partial charge in [-0.3, -0.25) is 5.43 Å². The highest BCUT2D eigenvalue weighted by atomic mass is 32.2. The third-order valence-electron chi connectivity index (χ3n) is 4.23. The number of furan rings is 1. The smallest absolute Gasteiger partial charge is 0.243 e. The summed E-state index contributed by atoms with van der Waals surface area (Å²) in [4.78, 5) is 4.78. The Morgan fingerprint density at radius 3 is 2.85 bits per heavy atom. The van der Waals surface area contributed by atoms with Crippen LogP contribution in [-0.4, -0.2) is 37.0 Å². The molecule has 140 valence electrons. The van der Waals surface area contributed by atoms with E-state index in [2.05, 4.69) is 15.5 Å². The molecule has 0 amide bonds. The van der Waals surface area contributed by atoms with Crippen LogP contribution >= 0.6 is 11.3 Å². The van der Waals surface area contributed by atoms with Gasteiger partial charge in [-0.05, 0) is 37.1 Å². The van der Waals surface area contributed by atoms with Crippen molar-refractivity contribution < 1.29 is 12.8 Å². The summed E-state index contributed by atoms with van der Waals surface area (Å²) in [7, 11) is -3.44. The first-order valence-electron chi connectivity index (χ1n) is 8.52.